The van der Waals surface area contributed by atoms with Gasteiger partial charge in [0, 0.05) is 19.6 Å². The van der Waals surface area contributed by atoms with Crippen LogP contribution in [0.4, 0.5) is 43.9 Å². The molecule has 50 heavy (non-hydrogen) atoms. The van der Waals surface area contributed by atoms with E-state index in [0.29, 0.717) is 19.6 Å². The van der Waals surface area contributed by atoms with Crippen LogP contribution >= 0.6 is 0 Å². The van der Waals surface area contributed by atoms with E-state index in [9.17, 15) is 53.5 Å². The van der Waals surface area contributed by atoms with Gasteiger partial charge in [-0.2, -0.15) is 39.5 Å². The zero-order chi connectivity index (χ0) is 39.8. The molecule has 25 heteroatoms. The number of carbonyl (C=O) groups excluding carboxylic acids is 2. The van der Waals surface area contributed by atoms with E-state index in [0.717, 1.165) is 77.4 Å². The topological polar surface area (TPSA) is 259 Å². The number of nitrogens with two attached hydrogens (primary N) is 2. The maximum absolute atomic E-state index is 13.8. The van der Waals surface area contributed by atoms with Crippen LogP contribution in [-0.2, 0) is 24.0 Å². The fraction of sp³-hybridized carbons (Fsp3) is 0.760. The van der Waals surface area contributed by atoms with Gasteiger partial charge >= 0.3 is 36.4 Å². The number of halogens is 10. The largest absolute Gasteiger partial charge is 0.490 e. The molecule has 1 atom stereocenters. The second-order valence-corrected chi connectivity index (χ2v) is 9.28. The highest BCUT2D eigenvalue weighted by molar-refractivity contribution is 6.03. The molecule has 0 aliphatic rings. The van der Waals surface area contributed by atoms with Crippen molar-refractivity contribution in [3.63, 3.8) is 0 Å². The quantitative estimate of drug-likeness (QED) is 0.0164. The summed E-state index contributed by atoms with van der Waals surface area (Å²) in [7, 11) is 0. The first-order chi connectivity index (χ1) is 23.0. The number of hydrogen-bond acceptors (Lipinski definition) is 9. The molecular formula is C25H43F10N7O8. The van der Waals surface area contributed by atoms with Gasteiger partial charge in [0.15, 0.2) is 0 Å². The lowest BCUT2D eigenvalue weighted by atomic mass is 10.1. The van der Waals surface area contributed by atoms with E-state index in [1.807, 2.05) is 0 Å². The van der Waals surface area contributed by atoms with Gasteiger partial charge in [-0.3, -0.25) is 14.6 Å². The molecule has 0 saturated carbocycles. The molecule has 0 fully saturated rings. The van der Waals surface area contributed by atoms with Crippen molar-refractivity contribution in [3.8, 4) is 0 Å². The second-order valence-electron chi connectivity index (χ2n) is 9.28. The van der Waals surface area contributed by atoms with Crippen molar-refractivity contribution >= 4 is 36.1 Å². The van der Waals surface area contributed by atoms with E-state index >= 15 is 0 Å². The van der Waals surface area contributed by atoms with E-state index in [1.54, 1.807) is 0 Å². The van der Waals surface area contributed by atoms with Crippen LogP contribution in [0, 0.1) is 0 Å². The number of hydrazine groups is 1. The van der Waals surface area contributed by atoms with Crippen molar-refractivity contribution in [1.29, 1.82) is 0 Å². The predicted octanol–water partition coefficient (Wildman–Crippen LogP) is 2.01. The molecule has 0 bridgehead atoms. The summed E-state index contributed by atoms with van der Waals surface area (Å²) in [4.78, 5) is 54.1. The number of nitrogens with one attached hydrogen (secondary N) is 4. The number of nitrogens with zero attached hydrogens (tertiary/aromatic N) is 1. The lowest BCUT2D eigenvalue weighted by molar-refractivity contribution is -0.193. The Bertz CT molecular complexity index is 914. The van der Waals surface area contributed by atoms with Crippen molar-refractivity contribution < 1.29 is 83.2 Å². The van der Waals surface area contributed by atoms with Gasteiger partial charge in [-0.1, -0.05) is 25.7 Å². The Balaban J connectivity index is -0.000000403. The zero-order valence-corrected chi connectivity index (χ0v) is 26.5. The zero-order valence-electron chi connectivity index (χ0n) is 26.5. The van der Waals surface area contributed by atoms with Gasteiger partial charge in [0.05, 0.1) is 6.34 Å². The van der Waals surface area contributed by atoms with Crippen LogP contribution < -0.4 is 33.0 Å². The molecule has 0 rings (SSSR count). The summed E-state index contributed by atoms with van der Waals surface area (Å²) in [6.45, 7) is 3.86. The molecule has 1 unspecified atom stereocenters. The number of aliphatic carboxylic acids is 3. The minimum absolute atomic E-state index is 0.360. The summed E-state index contributed by atoms with van der Waals surface area (Å²) < 4.78 is 109. The lowest BCUT2D eigenvalue weighted by Gasteiger charge is -2.10. The average molecular weight is 760 g/mol. The highest BCUT2D eigenvalue weighted by Crippen LogP contribution is 2.14. The number of aliphatic imine (C=N–C) groups is 1. The number of amides is 2. The third kappa shape index (κ3) is 40.2. The first-order valence-electron chi connectivity index (χ1n) is 14.4. The number of carboxylic acid groups (broad SMARTS) is 3. The van der Waals surface area contributed by atoms with Crippen LogP contribution in [-0.4, -0.2) is 115 Å². The third-order valence-corrected chi connectivity index (χ3v) is 5.00. The highest BCUT2D eigenvalue weighted by atomic mass is 19.4. The van der Waals surface area contributed by atoms with Gasteiger partial charge in [-0.05, 0) is 51.7 Å². The number of carbonyl (C=O) groups is 5. The Kier molecular flexibility index (Phi) is 32.8. The SMILES string of the molecule is NCCCNCCCCNC(=O)C(F)C(=O)NCCCCCCCCN=CNN.O=C(O)C(F)(F)F.O=C(O)C(F)(F)F.O=C(O)C(F)(F)F. The second kappa shape index (κ2) is 31.0. The van der Waals surface area contributed by atoms with Crippen LogP contribution in [0.2, 0.25) is 0 Å². The third-order valence-electron chi connectivity index (χ3n) is 5.00. The number of unbranched alkanes of at least 4 members (excludes halogenated alkanes) is 6. The summed E-state index contributed by atoms with van der Waals surface area (Å²) >= 11 is 0. The summed E-state index contributed by atoms with van der Waals surface area (Å²) in [6.07, 6.45) is -7.43. The van der Waals surface area contributed by atoms with Gasteiger partial charge in [-0.25, -0.2) is 24.6 Å². The van der Waals surface area contributed by atoms with E-state index in [1.165, 1.54) is 6.34 Å². The standard InChI is InChI=1S/C19H40FN7O2.3C2HF3O2/c20-17(19(29)26-15-8-7-11-23-13-9-10-21)18(28)25-14-6-4-2-1-3-5-12-24-16-27-22;3*3-2(4,5)1(6)7/h16-17,23H,1-15,21-22H2,(H,24,27)(H,25,28)(H,26,29);3*(H,6,7). The van der Waals surface area contributed by atoms with Gasteiger partial charge in [0.25, 0.3) is 18.0 Å². The van der Waals surface area contributed by atoms with Gasteiger partial charge in [0.2, 0.25) is 0 Å². The maximum Gasteiger partial charge on any atom is 0.490 e. The van der Waals surface area contributed by atoms with Crippen molar-refractivity contribution in [2.45, 2.75) is 82.5 Å². The minimum Gasteiger partial charge on any atom is -0.475 e. The number of alkyl halides is 10. The molecule has 0 aromatic carbocycles. The predicted molar refractivity (Wildman–Crippen MR) is 156 cm³/mol. The fourth-order valence-electron chi connectivity index (χ4n) is 2.60. The van der Waals surface area contributed by atoms with E-state index in [2.05, 4.69) is 26.4 Å². The first kappa shape index (κ1) is 52.8. The minimum atomic E-state index is -5.08. The Morgan fingerprint density at radius 3 is 1.28 bits per heavy atom. The van der Waals surface area contributed by atoms with Crippen molar-refractivity contribution in [1.82, 2.24) is 21.4 Å². The highest BCUT2D eigenvalue weighted by Gasteiger charge is 2.39. The molecule has 0 aromatic heterocycles. The van der Waals surface area contributed by atoms with Crippen LogP contribution in [0.15, 0.2) is 4.99 Å². The first-order valence-corrected chi connectivity index (χ1v) is 14.4. The molecule has 0 saturated heterocycles. The molecular weight excluding hydrogens is 716 g/mol. The summed E-state index contributed by atoms with van der Waals surface area (Å²) in [5.41, 5.74) is 7.75. The van der Waals surface area contributed by atoms with Gasteiger partial charge in [-0.15, -0.1) is 0 Å². The molecule has 2 amide bonds. The summed E-state index contributed by atoms with van der Waals surface area (Å²) in [5.74, 6) is -4.94. The summed E-state index contributed by atoms with van der Waals surface area (Å²) in [6, 6.07) is 0. The average Bonchev–Trinajstić information content (AvgIpc) is 3.00. The van der Waals surface area contributed by atoms with Crippen molar-refractivity contribution in [2.24, 2.45) is 16.6 Å². The van der Waals surface area contributed by atoms with E-state index in [-0.39, 0.29) is 0 Å². The Morgan fingerprint density at radius 2 is 0.920 bits per heavy atom. The monoisotopic (exact) mass is 759 g/mol. The molecule has 11 N–H and O–H groups in total. The molecule has 0 spiro atoms. The summed E-state index contributed by atoms with van der Waals surface area (Å²) in [5, 5.41) is 29.6. The van der Waals surface area contributed by atoms with Crippen LogP contribution in [0.5, 0.6) is 0 Å². The molecule has 15 nitrogen and oxygen atoms in total. The Labute approximate surface area is 279 Å². The number of rotatable bonds is 20. The molecule has 0 aromatic rings. The molecule has 0 heterocycles. The van der Waals surface area contributed by atoms with Gasteiger partial charge in [0.1, 0.15) is 0 Å². The number of carboxylic acids is 3. The van der Waals surface area contributed by atoms with E-state index < -0.39 is 54.4 Å². The van der Waals surface area contributed by atoms with Crippen molar-refractivity contribution in [2.75, 3.05) is 39.3 Å². The van der Waals surface area contributed by atoms with Gasteiger partial charge < -0.3 is 42.4 Å². The number of hydrogen-bond donors (Lipinski definition) is 9. The normalized spacial score (nSPS) is 11.8. The van der Waals surface area contributed by atoms with Crippen LogP contribution in [0.3, 0.4) is 0 Å². The van der Waals surface area contributed by atoms with Crippen molar-refractivity contribution in [3.05, 3.63) is 0 Å². The lowest BCUT2D eigenvalue weighted by Crippen LogP contribution is -2.43. The fourth-order valence-corrected chi connectivity index (χ4v) is 2.60. The molecule has 0 radical (unpaired) electrons. The van der Waals surface area contributed by atoms with E-state index in [4.69, 9.17) is 41.3 Å². The van der Waals surface area contributed by atoms with Crippen LogP contribution in [0.1, 0.15) is 57.8 Å². The molecule has 0 aliphatic heterocycles. The van der Waals surface area contributed by atoms with Crippen LogP contribution in [0.25, 0.3) is 0 Å². The maximum atomic E-state index is 13.8. The Hall–Kier alpha value is -4.00. The molecule has 0 aliphatic carbocycles. The Morgan fingerprint density at radius 1 is 0.600 bits per heavy atom. The smallest absolute Gasteiger partial charge is 0.475 e. The molecule has 296 valence electrons.